The molecule has 1 saturated carbocycles. The summed E-state index contributed by atoms with van der Waals surface area (Å²) in [5.41, 5.74) is 1.19. The van der Waals surface area contributed by atoms with Gasteiger partial charge in [-0.05, 0) is 49.8 Å². The van der Waals surface area contributed by atoms with Crippen molar-refractivity contribution in [1.82, 2.24) is 4.90 Å². The van der Waals surface area contributed by atoms with Gasteiger partial charge in [0.25, 0.3) is 0 Å². The van der Waals surface area contributed by atoms with E-state index < -0.39 is 6.10 Å². The van der Waals surface area contributed by atoms with E-state index in [1.165, 1.54) is 5.56 Å². The first-order chi connectivity index (χ1) is 11.6. The molecule has 1 fully saturated rings. The summed E-state index contributed by atoms with van der Waals surface area (Å²) in [6, 6.07) is 7.79. The molecule has 0 aliphatic heterocycles. The van der Waals surface area contributed by atoms with Crippen molar-refractivity contribution in [2.24, 2.45) is 5.92 Å². The minimum atomic E-state index is -0.679. The number of carbonyl (C=O) groups is 1. The van der Waals surface area contributed by atoms with Gasteiger partial charge in [-0.1, -0.05) is 12.1 Å². The molecule has 1 unspecified atom stereocenters. The van der Waals surface area contributed by atoms with Crippen LogP contribution in [0.4, 0.5) is 0 Å². The fraction of sp³-hybridized carbons (Fsp3) is 0.632. The first-order valence-electron chi connectivity index (χ1n) is 8.78. The summed E-state index contributed by atoms with van der Waals surface area (Å²) in [6.07, 6.45) is 3.13. The van der Waals surface area contributed by atoms with Crippen LogP contribution in [0.5, 0.6) is 5.75 Å². The van der Waals surface area contributed by atoms with Gasteiger partial charge in [0.1, 0.15) is 18.5 Å². The van der Waals surface area contributed by atoms with Gasteiger partial charge < -0.3 is 19.5 Å². The van der Waals surface area contributed by atoms with Gasteiger partial charge >= 0.3 is 0 Å². The minimum Gasteiger partial charge on any atom is -0.491 e. The van der Waals surface area contributed by atoms with Crippen molar-refractivity contribution in [3.8, 4) is 5.75 Å². The number of ether oxygens (including phenoxy) is 2. The number of benzene rings is 1. The Hall–Kier alpha value is -1.59. The maximum absolute atomic E-state index is 12.1. The Bertz CT molecular complexity index is 499. The van der Waals surface area contributed by atoms with Gasteiger partial charge in [0, 0.05) is 26.6 Å². The van der Waals surface area contributed by atoms with E-state index >= 15 is 0 Å². The Morgan fingerprint density at radius 1 is 1.33 bits per heavy atom. The van der Waals surface area contributed by atoms with Crippen LogP contribution in [0, 0.1) is 5.92 Å². The van der Waals surface area contributed by atoms with E-state index in [0.29, 0.717) is 32.0 Å². The first-order valence-corrected chi connectivity index (χ1v) is 8.78. The lowest BCUT2D eigenvalue weighted by molar-refractivity contribution is -0.133. The van der Waals surface area contributed by atoms with Crippen LogP contribution in [0.1, 0.15) is 31.7 Å². The number of nitrogens with zero attached hydrogens (tertiary/aromatic N) is 1. The Morgan fingerprint density at radius 3 is 2.62 bits per heavy atom. The van der Waals surface area contributed by atoms with Gasteiger partial charge in [0.2, 0.25) is 5.91 Å². The maximum Gasteiger partial charge on any atom is 0.222 e. The van der Waals surface area contributed by atoms with Crippen LogP contribution in [0.25, 0.3) is 0 Å². The molecule has 134 valence electrons. The molecule has 0 saturated heterocycles. The third-order valence-electron chi connectivity index (χ3n) is 4.29. The molecule has 1 aromatic carbocycles. The Kier molecular flexibility index (Phi) is 7.53. The maximum atomic E-state index is 12.1. The van der Waals surface area contributed by atoms with E-state index in [2.05, 4.69) is 0 Å². The molecule has 1 aliphatic rings. The highest BCUT2D eigenvalue weighted by molar-refractivity contribution is 5.76. The number of methoxy groups -OCH3 is 1. The number of hydrogen-bond donors (Lipinski definition) is 1. The minimum absolute atomic E-state index is 0.140. The molecule has 1 atom stereocenters. The van der Waals surface area contributed by atoms with E-state index in [9.17, 15) is 9.90 Å². The molecule has 1 N–H and O–H groups in total. The van der Waals surface area contributed by atoms with Crippen molar-refractivity contribution in [3.05, 3.63) is 29.8 Å². The van der Waals surface area contributed by atoms with Crippen LogP contribution < -0.4 is 4.74 Å². The lowest BCUT2D eigenvalue weighted by Crippen LogP contribution is -2.39. The molecule has 0 spiro atoms. The fourth-order valence-electron chi connectivity index (χ4n) is 2.58. The molecule has 1 amide bonds. The summed E-state index contributed by atoms with van der Waals surface area (Å²) in [7, 11) is 1.69. The molecule has 0 radical (unpaired) electrons. The predicted octanol–water partition coefficient (Wildman–Crippen LogP) is 2.26. The molecular weight excluding hydrogens is 306 g/mol. The number of rotatable bonds is 11. The van der Waals surface area contributed by atoms with Gasteiger partial charge in [0.05, 0.1) is 6.61 Å². The standard InChI is InChI=1S/C19H29NO4/c1-3-20(19(22)12-16-4-5-16)13-17(21)14-24-18-8-6-15(7-9-18)10-11-23-2/h6-9,16-17,21H,3-5,10-14H2,1-2H3. The molecule has 5 nitrogen and oxygen atoms in total. The topological polar surface area (TPSA) is 59.0 Å². The Balaban J connectivity index is 1.72. The van der Waals surface area contributed by atoms with Gasteiger partial charge in [-0.3, -0.25) is 4.79 Å². The summed E-state index contributed by atoms with van der Waals surface area (Å²) in [5, 5.41) is 10.1. The third kappa shape index (κ3) is 6.49. The zero-order valence-electron chi connectivity index (χ0n) is 14.7. The summed E-state index contributed by atoms with van der Waals surface area (Å²) in [4.78, 5) is 13.8. The van der Waals surface area contributed by atoms with E-state index in [1.807, 2.05) is 31.2 Å². The average molecular weight is 335 g/mol. The second kappa shape index (κ2) is 9.64. The Morgan fingerprint density at radius 2 is 2.04 bits per heavy atom. The van der Waals surface area contributed by atoms with Crippen LogP contribution in [-0.2, 0) is 16.0 Å². The van der Waals surface area contributed by atoms with E-state index in [1.54, 1.807) is 12.0 Å². The lowest BCUT2D eigenvalue weighted by Gasteiger charge is -2.24. The van der Waals surface area contributed by atoms with Crippen molar-refractivity contribution in [3.63, 3.8) is 0 Å². The summed E-state index contributed by atoms with van der Waals surface area (Å²) < 4.78 is 10.7. The molecule has 5 heteroatoms. The Labute approximate surface area is 144 Å². The zero-order valence-corrected chi connectivity index (χ0v) is 14.7. The number of likely N-dealkylation sites (N-methyl/N-ethyl adjacent to an activating group) is 1. The van der Waals surface area contributed by atoms with Crippen LogP contribution in [0.15, 0.2) is 24.3 Å². The molecule has 0 aromatic heterocycles. The van der Waals surface area contributed by atoms with Crippen molar-refractivity contribution in [2.45, 2.75) is 38.7 Å². The summed E-state index contributed by atoms with van der Waals surface area (Å²) in [5.74, 6) is 1.43. The second-order valence-corrected chi connectivity index (χ2v) is 6.43. The molecule has 24 heavy (non-hydrogen) atoms. The highest BCUT2D eigenvalue weighted by atomic mass is 16.5. The van der Waals surface area contributed by atoms with Crippen LogP contribution in [-0.4, -0.2) is 55.4 Å². The SMILES string of the molecule is CCN(CC(O)COc1ccc(CCOC)cc1)C(=O)CC1CC1. The van der Waals surface area contributed by atoms with Gasteiger partial charge in [-0.15, -0.1) is 0 Å². The molecule has 1 aromatic rings. The highest BCUT2D eigenvalue weighted by Gasteiger charge is 2.27. The van der Waals surface area contributed by atoms with Gasteiger partial charge in [0.15, 0.2) is 0 Å². The van der Waals surface area contributed by atoms with E-state index in [-0.39, 0.29) is 12.5 Å². The predicted molar refractivity (Wildman–Crippen MR) is 93.1 cm³/mol. The fourth-order valence-corrected chi connectivity index (χ4v) is 2.58. The molecular formula is C19H29NO4. The number of aliphatic hydroxyl groups is 1. The third-order valence-corrected chi connectivity index (χ3v) is 4.29. The zero-order chi connectivity index (χ0) is 17.4. The van der Waals surface area contributed by atoms with E-state index in [4.69, 9.17) is 9.47 Å². The second-order valence-electron chi connectivity index (χ2n) is 6.43. The van der Waals surface area contributed by atoms with Crippen molar-refractivity contribution >= 4 is 5.91 Å². The van der Waals surface area contributed by atoms with Crippen LogP contribution >= 0.6 is 0 Å². The van der Waals surface area contributed by atoms with E-state index in [0.717, 1.165) is 25.0 Å². The summed E-state index contributed by atoms with van der Waals surface area (Å²) >= 11 is 0. The summed E-state index contributed by atoms with van der Waals surface area (Å²) in [6.45, 7) is 3.77. The lowest BCUT2D eigenvalue weighted by atomic mass is 10.1. The van der Waals surface area contributed by atoms with Gasteiger partial charge in [-0.2, -0.15) is 0 Å². The van der Waals surface area contributed by atoms with Crippen molar-refractivity contribution in [2.75, 3.05) is 33.4 Å². The monoisotopic (exact) mass is 335 g/mol. The number of carbonyl (C=O) groups excluding carboxylic acids is 1. The highest BCUT2D eigenvalue weighted by Crippen LogP contribution is 2.32. The molecule has 2 rings (SSSR count). The van der Waals surface area contributed by atoms with Crippen LogP contribution in [0.3, 0.4) is 0 Å². The van der Waals surface area contributed by atoms with Crippen molar-refractivity contribution < 1.29 is 19.4 Å². The molecule has 0 bridgehead atoms. The van der Waals surface area contributed by atoms with Crippen LogP contribution in [0.2, 0.25) is 0 Å². The smallest absolute Gasteiger partial charge is 0.222 e. The largest absolute Gasteiger partial charge is 0.491 e. The number of aliphatic hydroxyl groups excluding tert-OH is 1. The molecule has 0 heterocycles. The quantitative estimate of drug-likeness (QED) is 0.674. The number of amides is 1. The number of hydrogen-bond acceptors (Lipinski definition) is 4. The van der Waals surface area contributed by atoms with Gasteiger partial charge in [-0.25, -0.2) is 0 Å². The average Bonchev–Trinajstić information content (AvgIpc) is 3.40. The normalized spacial score (nSPS) is 15.1. The molecule has 1 aliphatic carbocycles. The first kappa shape index (κ1) is 18.7. The van der Waals surface area contributed by atoms with Crippen molar-refractivity contribution in [1.29, 1.82) is 0 Å².